The number of fused-ring (bicyclic) bond motifs is 1. The van der Waals surface area contributed by atoms with E-state index in [0.29, 0.717) is 17.0 Å². The summed E-state index contributed by atoms with van der Waals surface area (Å²) in [6.45, 7) is 1.48. The average Bonchev–Trinajstić information content (AvgIpc) is 2.51. The van der Waals surface area contributed by atoms with Gasteiger partial charge in [0, 0.05) is 17.7 Å². The summed E-state index contributed by atoms with van der Waals surface area (Å²) in [4.78, 5) is 37.8. The minimum Gasteiger partial charge on any atom is -0.484 e. The molecule has 2 heterocycles. The Balaban J connectivity index is 2.02. The van der Waals surface area contributed by atoms with Crippen molar-refractivity contribution in [3.8, 4) is 11.5 Å². The van der Waals surface area contributed by atoms with Gasteiger partial charge in [0.2, 0.25) is 0 Å². The fraction of sp³-hybridized carbons (Fsp3) is 0.235. The van der Waals surface area contributed by atoms with Gasteiger partial charge in [0.25, 0.3) is 11.5 Å². The van der Waals surface area contributed by atoms with Crippen molar-refractivity contribution >= 4 is 11.9 Å². The van der Waals surface area contributed by atoms with Crippen LogP contribution in [0.1, 0.15) is 29.2 Å². The summed E-state index contributed by atoms with van der Waals surface area (Å²) >= 11 is 0. The van der Waals surface area contributed by atoms with E-state index in [1.54, 1.807) is 37.3 Å². The second-order valence-electron chi connectivity index (χ2n) is 5.62. The van der Waals surface area contributed by atoms with Crippen molar-refractivity contribution in [2.45, 2.75) is 19.3 Å². The number of nitrogens with one attached hydrogen (secondary N) is 1. The Morgan fingerprint density at radius 1 is 1.38 bits per heavy atom. The molecule has 7 heteroatoms. The lowest BCUT2D eigenvalue weighted by Gasteiger charge is -2.24. The summed E-state index contributed by atoms with van der Waals surface area (Å²) < 4.78 is 10.5. The van der Waals surface area contributed by atoms with Crippen LogP contribution in [0.4, 0.5) is 0 Å². The number of benzene rings is 1. The van der Waals surface area contributed by atoms with Crippen molar-refractivity contribution in [2.24, 2.45) is 5.73 Å². The number of primary amides is 1. The summed E-state index contributed by atoms with van der Waals surface area (Å²) in [5.41, 5.74) is 6.53. The van der Waals surface area contributed by atoms with Crippen LogP contribution in [0.2, 0.25) is 0 Å². The lowest BCUT2D eigenvalue weighted by Crippen LogP contribution is -2.28. The Labute approximate surface area is 137 Å². The van der Waals surface area contributed by atoms with Crippen molar-refractivity contribution in [3.05, 3.63) is 57.5 Å². The Morgan fingerprint density at radius 3 is 2.92 bits per heavy atom. The molecule has 1 aromatic carbocycles. The third-order valence-electron chi connectivity index (χ3n) is 3.75. The third-order valence-corrected chi connectivity index (χ3v) is 3.75. The standard InChI is InChI=1S/C17H16N2O5/c1-9-5-13-16(17(22)19-9)12(7-15(21)24-13)10-3-2-4-11(6-10)23-8-14(18)20/h2-6,12H,7-8H2,1H3,(H2,18,20)(H,19,22)/t12-/m1/s1. The first-order valence-corrected chi connectivity index (χ1v) is 7.39. The number of hydrogen-bond acceptors (Lipinski definition) is 5. The van der Waals surface area contributed by atoms with Gasteiger partial charge in [0.05, 0.1) is 12.0 Å². The zero-order valence-electron chi connectivity index (χ0n) is 13.0. The fourth-order valence-corrected chi connectivity index (χ4v) is 2.78. The molecule has 0 saturated carbocycles. The molecule has 1 aromatic heterocycles. The number of esters is 1. The smallest absolute Gasteiger partial charge is 0.312 e. The van der Waals surface area contributed by atoms with Crippen LogP contribution >= 0.6 is 0 Å². The first-order valence-electron chi connectivity index (χ1n) is 7.39. The number of aromatic nitrogens is 1. The number of ether oxygens (including phenoxy) is 2. The average molecular weight is 328 g/mol. The second-order valence-corrected chi connectivity index (χ2v) is 5.62. The van der Waals surface area contributed by atoms with E-state index in [1.807, 2.05) is 0 Å². The summed E-state index contributed by atoms with van der Waals surface area (Å²) in [6.07, 6.45) is 0.0540. The maximum atomic E-state index is 12.3. The number of hydrogen-bond donors (Lipinski definition) is 2. The molecule has 1 aliphatic rings. The Kier molecular flexibility index (Phi) is 4.07. The molecule has 3 N–H and O–H groups in total. The lowest BCUT2D eigenvalue weighted by atomic mass is 9.87. The van der Waals surface area contributed by atoms with E-state index < -0.39 is 17.8 Å². The molecule has 3 rings (SSSR count). The van der Waals surface area contributed by atoms with Crippen LogP contribution in [-0.4, -0.2) is 23.5 Å². The van der Waals surface area contributed by atoms with Gasteiger partial charge in [-0.1, -0.05) is 12.1 Å². The van der Waals surface area contributed by atoms with Crippen LogP contribution in [0.5, 0.6) is 11.5 Å². The zero-order valence-corrected chi connectivity index (χ0v) is 13.0. The highest BCUT2D eigenvalue weighted by molar-refractivity contribution is 5.77. The van der Waals surface area contributed by atoms with Gasteiger partial charge >= 0.3 is 5.97 Å². The van der Waals surface area contributed by atoms with E-state index in [2.05, 4.69) is 4.98 Å². The fourth-order valence-electron chi connectivity index (χ4n) is 2.78. The predicted molar refractivity (Wildman–Crippen MR) is 85.0 cm³/mol. The molecule has 0 bridgehead atoms. The van der Waals surface area contributed by atoms with E-state index in [1.165, 1.54) is 0 Å². The van der Waals surface area contributed by atoms with Crippen molar-refractivity contribution in [1.29, 1.82) is 0 Å². The molecule has 0 radical (unpaired) electrons. The zero-order chi connectivity index (χ0) is 17.3. The SMILES string of the molecule is Cc1cc2c(c(=O)[nH]1)[C@@H](c1cccc(OCC(N)=O)c1)CC(=O)O2. The third kappa shape index (κ3) is 3.15. The van der Waals surface area contributed by atoms with E-state index in [-0.39, 0.29) is 24.3 Å². The number of aryl methyl sites for hydroxylation is 1. The van der Waals surface area contributed by atoms with Crippen LogP contribution < -0.4 is 20.8 Å². The molecule has 1 aliphatic heterocycles. The van der Waals surface area contributed by atoms with Gasteiger partial charge in [-0.15, -0.1) is 0 Å². The van der Waals surface area contributed by atoms with E-state index in [9.17, 15) is 14.4 Å². The molecule has 0 saturated heterocycles. The molecule has 124 valence electrons. The van der Waals surface area contributed by atoms with Crippen LogP contribution in [0.25, 0.3) is 0 Å². The molecular weight excluding hydrogens is 312 g/mol. The maximum Gasteiger partial charge on any atom is 0.312 e. The number of carbonyl (C=O) groups is 2. The van der Waals surface area contributed by atoms with Crippen molar-refractivity contribution < 1.29 is 19.1 Å². The van der Waals surface area contributed by atoms with E-state index in [0.717, 1.165) is 5.56 Å². The van der Waals surface area contributed by atoms with Gasteiger partial charge in [-0.2, -0.15) is 0 Å². The summed E-state index contributed by atoms with van der Waals surface area (Å²) in [6, 6.07) is 8.52. The molecule has 0 spiro atoms. The predicted octanol–water partition coefficient (Wildman–Crippen LogP) is 0.988. The number of aromatic amines is 1. The van der Waals surface area contributed by atoms with Gasteiger partial charge in [-0.25, -0.2) is 0 Å². The number of nitrogens with two attached hydrogens (primary N) is 1. The molecule has 0 fully saturated rings. The Morgan fingerprint density at radius 2 is 2.17 bits per heavy atom. The summed E-state index contributed by atoms with van der Waals surface area (Å²) in [5.74, 6) is -0.709. The van der Waals surface area contributed by atoms with Crippen LogP contribution in [0.3, 0.4) is 0 Å². The van der Waals surface area contributed by atoms with Crippen molar-refractivity contribution in [1.82, 2.24) is 4.98 Å². The highest BCUT2D eigenvalue weighted by atomic mass is 16.5. The highest BCUT2D eigenvalue weighted by Crippen LogP contribution is 2.37. The minimum absolute atomic E-state index is 0.0540. The molecule has 24 heavy (non-hydrogen) atoms. The lowest BCUT2D eigenvalue weighted by molar-refractivity contribution is -0.135. The van der Waals surface area contributed by atoms with Gasteiger partial charge in [0.1, 0.15) is 11.5 Å². The van der Waals surface area contributed by atoms with Crippen LogP contribution in [0.15, 0.2) is 35.1 Å². The molecule has 2 aromatic rings. The molecule has 1 amide bonds. The largest absolute Gasteiger partial charge is 0.484 e. The van der Waals surface area contributed by atoms with Gasteiger partial charge < -0.3 is 20.2 Å². The van der Waals surface area contributed by atoms with Gasteiger partial charge in [-0.3, -0.25) is 14.4 Å². The second kappa shape index (κ2) is 6.19. The van der Waals surface area contributed by atoms with E-state index >= 15 is 0 Å². The quantitative estimate of drug-likeness (QED) is 0.813. The van der Waals surface area contributed by atoms with E-state index in [4.69, 9.17) is 15.2 Å². The molecule has 7 nitrogen and oxygen atoms in total. The summed E-state index contributed by atoms with van der Waals surface area (Å²) in [5, 5.41) is 0. The van der Waals surface area contributed by atoms with Crippen molar-refractivity contribution in [3.63, 3.8) is 0 Å². The summed E-state index contributed by atoms with van der Waals surface area (Å²) in [7, 11) is 0. The topological polar surface area (TPSA) is 111 Å². The first kappa shape index (κ1) is 15.8. The number of carbonyl (C=O) groups excluding carboxylic acids is 2. The van der Waals surface area contributed by atoms with Crippen molar-refractivity contribution in [2.75, 3.05) is 6.61 Å². The number of pyridine rings is 1. The molecule has 0 aliphatic carbocycles. The molecular formula is C17H16N2O5. The maximum absolute atomic E-state index is 12.3. The Hall–Kier alpha value is -3.09. The number of H-pyrrole nitrogens is 1. The normalized spacial score (nSPS) is 16.2. The monoisotopic (exact) mass is 328 g/mol. The molecule has 0 unspecified atom stereocenters. The van der Waals surface area contributed by atoms with Gasteiger partial charge in [0.15, 0.2) is 6.61 Å². The number of amides is 1. The van der Waals surface area contributed by atoms with Crippen LogP contribution in [0, 0.1) is 6.92 Å². The first-order chi connectivity index (χ1) is 11.4. The Bertz CT molecular complexity index is 872. The number of rotatable bonds is 4. The molecule has 1 atom stereocenters. The van der Waals surface area contributed by atoms with Gasteiger partial charge in [-0.05, 0) is 24.6 Å². The highest BCUT2D eigenvalue weighted by Gasteiger charge is 2.31. The minimum atomic E-state index is -0.584. The van der Waals surface area contributed by atoms with Crippen LogP contribution in [-0.2, 0) is 9.59 Å².